The van der Waals surface area contributed by atoms with E-state index in [2.05, 4.69) is 17.1 Å². The van der Waals surface area contributed by atoms with Crippen molar-refractivity contribution in [1.82, 2.24) is 24.9 Å². The van der Waals surface area contributed by atoms with Crippen LogP contribution in [0.2, 0.25) is 0 Å². The zero-order valence-corrected chi connectivity index (χ0v) is 67.9. The van der Waals surface area contributed by atoms with E-state index in [0.29, 0.717) is 32.8 Å². The van der Waals surface area contributed by atoms with E-state index in [1.165, 1.54) is 42.7 Å². The molecule has 0 saturated carbocycles. The molecule has 0 saturated heterocycles. The van der Waals surface area contributed by atoms with Crippen molar-refractivity contribution in [2.45, 2.75) is 25.3 Å². The second kappa shape index (κ2) is 33.6. The average molecular weight is 1680 g/mol. The van der Waals surface area contributed by atoms with Gasteiger partial charge in [0.05, 0.1) is 91.5 Å². The molecular formula is C97H65N5O14S5-4. The molecule has 121 heavy (non-hydrogen) atoms. The summed E-state index contributed by atoms with van der Waals surface area (Å²) in [6.07, 6.45) is 1.23. The van der Waals surface area contributed by atoms with E-state index in [4.69, 9.17) is 19.9 Å². The number of nitrogens with zero attached hydrogens (tertiary/aromatic N) is 5. The van der Waals surface area contributed by atoms with Gasteiger partial charge in [-0.2, -0.15) is 0 Å². The Kier molecular flexibility index (Phi) is 22.5. The third-order valence-corrected chi connectivity index (χ3v) is 24.8. The maximum atomic E-state index is 12.0. The summed E-state index contributed by atoms with van der Waals surface area (Å²) >= 11 is 0. The minimum atomic E-state index is -4.59. The van der Waals surface area contributed by atoms with Gasteiger partial charge >= 0.3 is 0 Å². The molecule has 0 atom stereocenters. The Hall–Kier alpha value is -13.8. The first-order valence-electron chi connectivity index (χ1n) is 37.6. The normalized spacial score (nSPS) is 11.9. The predicted molar refractivity (Wildman–Crippen MR) is 474 cm³/mol. The number of hydrogen-bond donors (Lipinski definition) is 0. The number of rotatable bonds is 11. The van der Waals surface area contributed by atoms with Gasteiger partial charge in [0, 0.05) is 87.9 Å². The number of aromatic nitrogens is 5. The molecule has 15 aromatic carbocycles. The Labute approximate surface area is 696 Å². The molecule has 19 nitrogen and oxygen atoms in total. The van der Waals surface area contributed by atoms with Gasteiger partial charge in [0.15, 0.2) is 9.84 Å². The van der Waals surface area contributed by atoms with Crippen molar-refractivity contribution in [3.63, 3.8) is 0 Å². The molecule has 0 bridgehead atoms. The Bertz CT molecular complexity index is 7890. The molecule has 5 aromatic heterocycles. The van der Waals surface area contributed by atoms with Gasteiger partial charge in [-0.1, -0.05) is 291 Å². The Morgan fingerprint density at radius 2 is 0.488 bits per heavy atom. The molecular weight excluding hydrogens is 1620 g/mol. The zero-order valence-electron chi connectivity index (χ0n) is 63.8. The van der Waals surface area contributed by atoms with Gasteiger partial charge in [-0.3, -0.25) is 0 Å². The summed E-state index contributed by atoms with van der Waals surface area (Å²) in [5, 5.41) is 14.5. The Balaban J connectivity index is 0.000000112. The van der Waals surface area contributed by atoms with E-state index in [0.717, 1.165) is 142 Å². The van der Waals surface area contributed by atoms with Gasteiger partial charge in [0.25, 0.3) is 0 Å². The number of pyridine rings is 5. The lowest BCUT2D eigenvalue weighted by molar-refractivity contribution is 0.460. The van der Waals surface area contributed by atoms with Gasteiger partial charge in [-0.05, 0) is 105 Å². The van der Waals surface area contributed by atoms with Crippen LogP contribution in [0.15, 0.2) is 384 Å². The smallest absolute Gasteiger partial charge is 0.175 e. The minimum absolute atomic E-state index is 0.239. The van der Waals surface area contributed by atoms with Crippen molar-refractivity contribution in [1.29, 1.82) is 0 Å². The molecule has 0 amide bonds. The SMILES string of the molecule is CS(=O)(=O)c1ccc2c(c1)c(-c1ccccc1)nc1ccccc12.O=S(=O)([O-])Cc1ccc(-c2nc3ccccc3c3ccccc23)cc1.O=S(=O)([O-])c1ccc(-c2nc3ccccc3c3ccccc23)cc1.O=S(=O)([O-])c1ccc2c(c1)c(-c1ccccc1)nc1ccccc12.O=S(=O)([O-])c1ccccc1-c1nc2ccccc2c2ccccc12. The van der Waals surface area contributed by atoms with Gasteiger partial charge in [0.2, 0.25) is 0 Å². The first-order valence-corrected chi connectivity index (χ1v) is 45.3. The zero-order chi connectivity index (χ0) is 84.4. The maximum Gasteiger partial charge on any atom is 0.175 e. The molecule has 0 radical (unpaired) electrons. The minimum Gasteiger partial charge on any atom is -0.748 e. The van der Waals surface area contributed by atoms with Crippen LogP contribution >= 0.6 is 0 Å². The number of sulfone groups is 1. The van der Waals surface area contributed by atoms with Gasteiger partial charge in [-0.15, -0.1) is 0 Å². The molecule has 0 unspecified atom stereocenters. The number of benzene rings is 15. The first-order chi connectivity index (χ1) is 58.2. The van der Waals surface area contributed by atoms with Gasteiger partial charge in [0.1, 0.15) is 30.4 Å². The summed E-state index contributed by atoms with van der Waals surface area (Å²) < 4.78 is 159. The van der Waals surface area contributed by atoms with Crippen LogP contribution in [0, 0.1) is 0 Å². The van der Waals surface area contributed by atoms with Crippen molar-refractivity contribution in [2.24, 2.45) is 0 Å². The molecule has 5 heterocycles. The van der Waals surface area contributed by atoms with Crippen molar-refractivity contribution < 1.29 is 60.3 Å². The molecule has 0 aliphatic rings. The van der Waals surface area contributed by atoms with Gasteiger partial charge < -0.3 is 18.2 Å². The molecule has 20 rings (SSSR count). The molecule has 0 aliphatic carbocycles. The largest absolute Gasteiger partial charge is 0.748 e. The lowest BCUT2D eigenvalue weighted by atomic mass is 9.99. The van der Waals surface area contributed by atoms with Crippen LogP contribution in [0.25, 0.3) is 165 Å². The lowest BCUT2D eigenvalue weighted by Crippen LogP contribution is -2.02. The molecule has 0 aliphatic heterocycles. The Morgan fingerprint density at radius 1 is 0.223 bits per heavy atom. The average Bonchev–Trinajstić information content (AvgIpc) is 0.765. The van der Waals surface area contributed by atoms with Crippen LogP contribution in [-0.4, -0.2) is 91.5 Å². The second-order valence-electron chi connectivity index (χ2n) is 28.2. The van der Waals surface area contributed by atoms with Crippen LogP contribution in [0.4, 0.5) is 0 Å². The van der Waals surface area contributed by atoms with Crippen LogP contribution in [0.3, 0.4) is 0 Å². The van der Waals surface area contributed by atoms with Crippen LogP contribution in [0.5, 0.6) is 0 Å². The van der Waals surface area contributed by atoms with Crippen LogP contribution in [-0.2, 0) is 56.1 Å². The molecule has 0 fully saturated rings. The van der Waals surface area contributed by atoms with Crippen molar-refractivity contribution in [2.75, 3.05) is 6.26 Å². The lowest BCUT2D eigenvalue weighted by Gasteiger charge is -2.15. The van der Waals surface area contributed by atoms with Crippen LogP contribution in [0.1, 0.15) is 5.56 Å². The fraction of sp³-hybridized carbons (Fsp3) is 0.0206. The van der Waals surface area contributed by atoms with Crippen molar-refractivity contribution in [3.8, 4) is 56.3 Å². The number of hydrogen-bond acceptors (Lipinski definition) is 19. The van der Waals surface area contributed by atoms with Crippen molar-refractivity contribution in [3.05, 3.63) is 370 Å². The van der Waals surface area contributed by atoms with E-state index in [9.17, 15) is 60.3 Å². The molecule has 0 spiro atoms. The highest BCUT2D eigenvalue weighted by atomic mass is 32.2. The predicted octanol–water partition coefficient (Wildman–Crippen LogP) is 20.4. The maximum absolute atomic E-state index is 12.0. The standard InChI is InChI=1S/C20H15NO3S.C20H15NO2S.3C19H13NO3S/c22-25(23,24)13-14-9-11-15(12-10-14)20-18-7-2-1-5-16(18)17-6-3-4-8-19(17)21-20;1-24(22,23)15-11-12-16-17-9-5-6-10-19(17)21-20(18(16)13-15)14-7-3-2-4-8-14;21-24(22,23)18-12-6-4-10-16(18)19-15-9-2-1-7-13(15)14-8-3-5-11-17(14)20-19;21-24(22,23)14-11-9-13(10-12-14)19-17-7-2-1-5-15(17)16-6-3-4-8-18(16)20-19;21-24(22,23)14-10-11-15-16-8-4-5-9-18(16)20-19(17(15)12-14)13-6-2-1-3-7-13/h1-12H,13H2,(H,22,23,24);2-13H,1H3;3*1-12H,(H,21,22,23)/p-4. The molecule has 24 heteroatoms. The summed E-state index contributed by atoms with van der Waals surface area (Å²) in [6.45, 7) is 0. The highest BCUT2D eigenvalue weighted by molar-refractivity contribution is 7.90. The first kappa shape index (κ1) is 81.0. The quantitative estimate of drug-likeness (QED) is 0.0857. The third-order valence-electron chi connectivity index (χ3n) is 20.4. The fourth-order valence-corrected chi connectivity index (χ4v) is 17.8. The van der Waals surface area contributed by atoms with Crippen molar-refractivity contribution >= 4 is 159 Å². The second-order valence-corrected chi connectivity index (χ2v) is 35.8. The monoisotopic (exact) mass is 1680 g/mol. The van der Waals surface area contributed by atoms with Crippen LogP contribution < -0.4 is 0 Å². The molecule has 20 aromatic rings. The number of fused-ring (bicyclic) bond motifs is 15. The van der Waals surface area contributed by atoms with E-state index in [1.54, 1.807) is 54.6 Å². The summed E-state index contributed by atoms with van der Waals surface area (Å²) in [7, 11) is -21.1. The van der Waals surface area contributed by atoms with E-state index in [-0.39, 0.29) is 14.7 Å². The fourth-order valence-electron chi connectivity index (χ4n) is 14.9. The van der Waals surface area contributed by atoms with E-state index >= 15 is 0 Å². The molecule has 596 valence electrons. The summed E-state index contributed by atoms with van der Waals surface area (Å²) in [5.41, 5.74) is 12.1. The van der Waals surface area contributed by atoms with E-state index in [1.807, 2.05) is 261 Å². The summed E-state index contributed by atoms with van der Waals surface area (Å²) in [6, 6.07) is 111. The summed E-state index contributed by atoms with van der Waals surface area (Å²) in [4.78, 5) is 23.3. The topological polar surface area (TPSA) is 327 Å². The highest BCUT2D eigenvalue weighted by Crippen LogP contribution is 2.40. The third kappa shape index (κ3) is 17.6. The summed E-state index contributed by atoms with van der Waals surface area (Å²) in [5.74, 6) is -0.501. The molecule has 0 N–H and O–H groups in total. The van der Waals surface area contributed by atoms with Gasteiger partial charge in [-0.25, -0.2) is 67.0 Å². The Morgan fingerprint density at radius 3 is 0.843 bits per heavy atom. The highest BCUT2D eigenvalue weighted by Gasteiger charge is 2.20. The number of para-hydroxylation sites is 5. The van der Waals surface area contributed by atoms with E-state index < -0.39 is 56.1 Å².